The Morgan fingerprint density at radius 3 is 2.27 bits per heavy atom. The summed E-state index contributed by atoms with van der Waals surface area (Å²) >= 11 is 0. The van der Waals surface area contributed by atoms with E-state index in [2.05, 4.69) is 24.5 Å². The topological polar surface area (TPSA) is 87.7 Å². The normalized spacial score (nSPS) is 20.2. The molecule has 1 saturated carbocycles. The molecule has 1 aromatic carbocycles. The van der Waals surface area contributed by atoms with Gasteiger partial charge in [-0.15, -0.1) is 0 Å². The SMILES string of the molecule is CCCC(C)NC(=O)C(c1ccccc1C)N(C(=O)C(C)NC(=O)OC(C)(C)C)C1CC1C. The third-order valence-corrected chi connectivity index (χ3v) is 5.90. The number of aryl methyl sites for hydroxylation is 1. The highest BCUT2D eigenvalue weighted by molar-refractivity contribution is 5.92. The third kappa shape index (κ3) is 7.47. The Bertz CT molecular complexity index is 848. The second-order valence-corrected chi connectivity index (χ2v) is 10.4. The lowest BCUT2D eigenvalue weighted by molar-refractivity contribution is -0.143. The van der Waals surface area contributed by atoms with Gasteiger partial charge in [0.2, 0.25) is 11.8 Å². The summed E-state index contributed by atoms with van der Waals surface area (Å²) in [6.45, 7) is 15.0. The predicted octanol–water partition coefficient (Wildman–Crippen LogP) is 4.49. The highest BCUT2D eigenvalue weighted by Gasteiger charge is 2.48. The molecule has 1 aliphatic carbocycles. The van der Waals surface area contributed by atoms with Crippen LogP contribution < -0.4 is 10.6 Å². The van der Waals surface area contributed by atoms with Crippen molar-refractivity contribution in [1.29, 1.82) is 0 Å². The van der Waals surface area contributed by atoms with Crippen LogP contribution in [0, 0.1) is 12.8 Å². The number of carbonyl (C=O) groups is 3. The number of hydrogen-bond donors (Lipinski definition) is 2. The van der Waals surface area contributed by atoms with Crippen molar-refractivity contribution in [1.82, 2.24) is 15.5 Å². The Morgan fingerprint density at radius 2 is 1.76 bits per heavy atom. The molecule has 33 heavy (non-hydrogen) atoms. The lowest BCUT2D eigenvalue weighted by atomic mass is 9.97. The Labute approximate surface area is 198 Å². The second kappa shape index (κ2) is 11.0. The van der Waals surface area contributed by atoms with Crippen molar-refractivity contribution in [3.05, 3.63) is 35.4 Å². The Hall–Kier alpha value is -2.57. The van der Waals surface area contributed by atoms with Crippen LogP contribution in [0.4, 0.5) is 4.79 Å². The van der Waals surface area contributed by atoms with E-state index in [-0.39, 0.29) is 29.8 Å². The van der Waals surface area contributed by atoms with Crippen molar-refractivity contribution >= 4 is 17.9 Å². The first-order valence-electron chi connectivity index (χ1n) is 12.0. The van der Waals surface area contributed by atoms with Gasteiger partial charge in [-0.1, -0.05) is 44.5 Å². The molecule has 184 valence electrons. The zero-order chi connectivity index (χ0) is 24.9. The molecule has 0 bridgehead atoms. The molecule has 1 fully saturated rings. The number of rotatable bonds is 9. The number of nitrogens with zero attached hydrogens (tertiary/aromatic N) is 1. The van der Waals surface area contributed by atoms with Gasteiger partial charge in [0.05, 0.1) is 0 Å². The first-order chi connectivity index (χ1) is 15.4. The minimum atomic E-state index is -0.833. The lowest BCUT2D eigenvalue weighted by Crippen LogP contribution is -2.53. The van der Waals surface area contributed by atoms with Gasteiger partial charge in [-0.3, -0.25) is 9.59 Å². The van der Waals surface area contributed by atoms with Crippen LogP contribution in [0.15, 0.2) is 24.3 Å². The molecule has 0 saturated heterocycles. The average Bonchev–Trinajstić information content (AvgIpc) is 3.40. The molecule has 1 aromatic rings. The zero-order valence-corrected chi connectivity index (χ0v) is 21.4. The molecule has 5 atom stereocenters. The van der Waals surface area contributed by atoms with Crippen molar-refractivity contribution in [3.63, 3.8) is 0 Å². The van der Waals surface area contributed by atoms with Crippen LogP contribution in [0.25, 0.3) is 0 Å². The van der Waals surface area contributed by atoms with E-state index in [1.165, 1.54) is 0 Å². The summed E-state index contributed by atoms with van der Waals surface area (Å²) in [4.78, 5) is 41.3. The number of hydrogen-bond acceptors (Lipinski definition) is 4. The minimum absolute atomic E-state index is 0.0000844. The Morgan fingerprint density at radius 1 is 1.15 bits per heavy atom. The van der Waals surface area contributed by atoms with Crippen LogP contribution in [0.5, 0.6) is 0 Å². The summed E-state index contributed by atoms with van der Waals surface area (Å²) in [5.41, 5.74) is 1.08. The van der Waals surface area contributed by atoms with Crippen molar-refractivity contribution in [2.24, 2.45) is 5.92 Å². The molecular formula is C26H41N3O4. The molecule has 2 N–H and O–H groups in total. The predicted molar refractivity (Wildman–Crippen MR) is 130 cm³/mol. The highest BCUT2D eigenvalue weighted by atomic mass is 16.6. The van der Waals surface area contributed by atoms with E-state index in [0.29, 0.717) is 0 Å². The molecule has 0 heterocycles. The molecule has 0 spiro atoms. The second-order valence-electron chi connectivity index (χ2n) is 10.4. The molecular weight excluding hydrogens is 418 g/mol. The fourth-order valence-corrected chi connectivity index (χ4v) is 4.08. The van der Waals surface area contributed by atoms with Gasteiger partial charge < -0.3 is 20.3 Å². The molecule has 1 aliphatic rings. The Kier molecular flexibility index (Phi) is 8.92. The molecule has 7 nitrogen and oxygen atoms in total. The first-order valence-corrected chi connectivity index (χ1v) is 12.0. The van der Waals surface area contributed by atoms with Crippen molar-refractivity contribution < 1.29 is 19.1 Å². The van der Waals surface area contributed by atoms with Gasteiger partial charge in [-0.05, 0) is 71.4 Å². The molecule has 0 aromatic heterocycles. The number of benzene rings is 1. The Balaban J connectivity index is 2.38. The molecule has 3 amide bonds. The molecule has 2 rings (SSSR count). The van der Waals surface area contributed by atoms with Crippen LogP contribution >= 0.6 is 0 Å². The largest absolute Gasteiger partial charge is 0.444 e. The number of amides is 3. The number of alkyl carbamates (subject to hydrolysis) is 1. The van der Waals surface area contributed by atoms with Crippen LogP contribution in [0.1, 0.15) is 84.9 Å². The third-order valence-electron chi connectivity index (χ3n) is 5.90. The van der Waals surface area contributed by atoms with Gasteiger partial charge in [0, 0.05) is 12.1 Å². The summed E-state index contributed by atoms with van der Waals surface area (Å²) in [5.74, 6) is -0.195. The summed E-state index contributed by atoms with van der Waals surface area (Å²) in [7, 11) is 0. The van der Waals surface area contributed by atoms with Gasteiger partial charge in [-0.25, -0.2) is 4.79 Å². The fourth-order valence-electron chi connectivity index (χ4n) is 4.08. The van der Waals surface area contributed by atoms with Gasteiger partial charge in [-0.2, -0.15) is 0 Å². The molecule has 5 unspecified atom stereocenters. The summed E-state index contributed by atoms with van der Waals surface area (Å²) in [5, 5.41) is 5.76. The van der Waals surface area contributed by atoms with Gasteiger partial charge in [0.25, 0.3) is 0 Å². The van der Waals surface area contributed by atoms with Gasteiger partial charge >= 0.3 is 6.09 Å². The average molecular weight is 460 g/mol. The summed E-state index contributed by atoms with van der Waals surface area (Å²) in [6, 6.07) is 6.01. The van der Waals surface area contributed by atoms with Gasteiger partial charge in [0.15, 0.2) is 0 Å². The highest BCUT2D eigenvalue weighted by Crippen LogP contribution is 2.41. The molecule has 7 heteroatoms. The van der Waals surface area contributed by atoms with Crippen LogP contribution in [0.3, 0.4) is 0 Å². The maximum absolute atomic E-state index is 13.7. The van der Waals surface area contributed by atoms with Crippen molar-refractivity contribution in [3.8, 4) is 0 Å². The van der Waals surface area contributed by atoms with E-state index < -0.39 is 23.8 Å². The van der Waals surface area contributed by atoms with E-state index in [1.54, 1.807) is 32.6 Å². The summed E-state index contributed by atoms with van der Waals surface area (Å²) < 4.78 is 5.33. The number of nitrogens with one attached hydrogen (secondary N) is 2. The number of ether oxygens (including phenoxy) is 1. The maximum atomic E-state index is 13.7. The number of carbonyl (C=O) groups excluding carboxylic acids is 3. The van der Waals surface area contributed by atoms with Crippen LogP contribution in [-0.2, 0) is 14.3 Å². The van der Waals surface area contributed by atoms with E-state index >= 15 is 0 Å². The molecule has 0 radical (unpaired) electrons. The summed E-state index contributed by atoms with van der Waals surface area (Å²) in [6.07, 6.45) is 1.98. The standard InChI is InChI=1S/C26H41N3O4/c1-9-12-18(4)27-23(30)22(20-14-11-10-13-16(20)2)29(21-15-17(21)3)24(31)19(5)28-25(32)33-26(6,7)8/h10-11,13-14,17-19,21-22H,9,12,15H2,1-8H3,(H,27,30)(H,28,32). The van der Waals surface area contributed by atoms with Crippen LogP contribution in [-0.4, -0.2) is 46.5 Å². The monoisotopic (exact) mass is 459 g/mol. The van der Waals surface area contributed by atoms with E-state index in [0.717, 1.165) is 30.4 Å². The fraction of sp³-hybridized carbons (Fsp3) is 0.654. The smallest absolute Gasteiger partial charge is 0.408 e. The first kappa shape index (κ1) is 26.7. The van der Waals surface area contributed by atoms with Gasteiger partial charge in [0.1, 0.15) is 17.7 Å². The van der Waals surface area contributed by atoms with Crippen LogP contribution in [0.2, 0.25) is 0 Å². The molecule has 0 aliphatic heterocycles. The zero-order valence-electron chi connectivity index (χ0n) is 21.4. The minimum Gasteiger partial charge on any atom is -0.444 e. The van der Waals surface area contributed by atoms with Crippen molar-refractivity contribution in [2.75, 3.05) is 0 Å². The maximum Gasteiger partial charge on any atom is 0.408 e. The van der Waals surface area contributed by atoms with E-state index in [1.807, 2.05) is 38.1 Å². The lowest BCUT2D eigenvalue weighted by Gasteiger charge is -2.35. The van der Waals surface area contributed by atoms with E-state index in [4.69, 9.17) is 4.74 Å². The quantitative estimate of drug-likeness (QED) is 0.569. The van der Waals surface area contributed by atoms with Crippen molar-refractivity contribution in [2.45, 2.75) is 104 Å². The van der Waals surface area contributed by atoms with E-state index in [9.17, 15) is 14.4 Å².